The van der Waals surface area contributed by atoms with Crippen LogP contribution in [0.5, 0.6) is 0 Å². The lowest BCUT2D eigenvalue weighted by Gasteiger charge is -1.93. The lowest BCUT2D eigenvalue weighted by molar-refractivity contribution is 0.0950. The third-order valence-electron chi connectivity index (χ3n) is 1.95. The third-order valence-corrected chi connectivity index (χ3v) is 2.20. The topological polar surface area (TPSA) is 68.0 Å². The van der Waals surface area contributed by atoms with Gasteiger partial charge >= 0.3 is 0 Å². The molecule has 0 aliphatic heterocycles. The number of nitrogens with zero attached hydrogens (tertiary/aromatic N) is 2. The van der Waals surface area contributed by atoms with Crippen LogP contribution in [0.15, 0.2) is 28.8 Å². The van der Waals surface area contributed by atoms with E-state index in [0.717, 1.165) is 0 Å². The Morgan fingerprint density at radius 2 is 2.06 bits per heavy atom. The first-order valence-corrected chi connectivity index (χ1v) is 4.90. The highest BCUT2D eigenvalue weighted by atomic mass is 35.5. The summed E-state index contributed by atoms with van der Waals surface area (Å²) in [5, 5.41) is 6.58. The molecule has 0 aliphatic carbocycles. The van der Waals surface area contributed by atoms with Crippen molar-refractivity contribution in [2.45, 2.75) is 0 Å². The first kappa shape index (κ1) is 10.6. The molecule has 1 amide bonds. The van der Waals surface area contributed by atoms with Crippen LogP contribution in [0.2, 0.25) is 5.02 Å². The van der Waals surface area contributed by atoms with Crippen LogP contribution < -0.4 is 5.32 Å². The van der Waals surface area contributed by atoms with E-state index in [9.17, 15) is 4.79 Å². The normalized spacial score (nSPS) is 10.1. The molecular formula is C10H8ClN3O2. The standard InChI is InChI=1S/C10H8ClN3O2/c1-12-9(15)8-13-10(16-14-8)6-2-4-7(11)5-3-6/h2-5H,1H3,(H,12,15). The van der Waals surface area contributed by atoms with Gasteiger partial charge in [0.1, 0.15) is 0 Å². The number of hydrogen-bond acceptors (Lipinski definition) is 4. The van der Waals surface area contributed by atoms with Gasteiger partial charge in [-0.25, -0.2) is 0 Å². The average Bonchev–Trinajstić information content (AvgIpc) is 2.78. The number of carbonyl (C=O) groups is 1. The van der Waals surface area contributed by atoms with Gasteiger partial charge in [0.05, 0.1) is 0 Å². The first-order valence-electron chi connectivity index (χ1n) is 4.52. The monoisotopic (exact) mass is 237 g/mol. The third kappa shape index (κ3) is 2.04. The minimum atomic E-state index is -0.385. The molecule has 0 fully saturated rings. The molecule has 0 atom stereocenters. The van der Waals surface area contributed by atoms with E-state index in [1.54, 1.807) is 24.3 Å². The lowest BCUT2D eigenvalue weighted by Crippen LogP contribution is -2.19. The summed E-state index contributed by atoms with van der Waals surface area (Å²) in [5.74, 6) is -0.0910. The summed E-state index contributed by atoms with van der Waals surface area (Å²) in [6.45, 7) is 0. The molecule has 0 unspecified atom stereocenters. The van der Waals surface area contributed by atoms with Gasteiger partial charge in [0, 0.05) is 17.6 Å². The zero-order valence-electron chi connectivity index (χ0n) is 8.40. The molecule has 6 heteroatoms. The molecule has 16 heavy (non-hydrogen) atoms. The van der Waals surface area contributed by atoms with Gasteiger partial charge in [-0.3, -0.25) is 4.79 Å². The number of carbonyl (C=O) groups excluding carboxylic acids is 1. The molecule has 0 saturated carbocycles. The molecule has 0 radical (unpaired) electrons. The summed E-state index contributed by atoms with van der Waals surface area (Å²) in [7, 11) is 1.50. The second-order valence-corrected chi connectivity index (χ2v) is 3.45. The quantitative estimate of drug-likeness (QED) is 0.864. The van der Waals surface area contributed by atoms with E-state index < -0.39 is 0 Å². The average molecular weight is 238 g/mol. The SMILES string of the molecule is CNC(=O)c1noc(-c2ccc(Cl)cc2)n1. The van der Waals surface area contributed by atoms with Gasteiger partial charge in [0.15, 0.2) is 0 Å². The molecule has 0 aliphatic rings. The van der Waals surface area contributed by atoms with Gasteiger partial charge in [-0.15, -0.1) is 0 Å². The number of benzene rings is 1. The summed E-state index contributed by atoms with van der Waals surface area (Å²) < 4.78 is 4.95. The summed E-state index contributed by atoms with van der Waals surface area (Å²) in [6.07, 6.45) is 0. The van der Waals surface area contributed by atoms with Crippen LogP contribution in [-0.4, -0.2) is 23.1 Å². The number of halogens is 1. The van der Waals surface area contributed by atoms with E-state index in [1.165, 1.54) is 7.05 Å². The number of hydrogen-bond donors (Lipinski definition) is 1. The summed E-state index contributed by atoms with van der Waals surface area (Å²) >= 11 is 5.75. The molecule has 2 rings (SSSR count). The van der Waals surface area contributed by atoms with Crippen molar-refractivity contribution in [1.82, 2.24) is 15.5 Å². The molecule has 0 saturated heterocycles. The van der Waals surface area contributed by atoms with E-state index in [0.29, 0.717) is 10.6 Å². The van der Waals surface area contributed by atoms with E-state index in [2.05, 4.69) is 15.5 Å². The fourth-order valence-electron chi connectivity index (χ4n) is 1.14. The molecule has 1 heterocycles. The van der Waals surface area contributed by atoms with Gasteiger partial charge in [-0.1, -0.05) is 16.8 Å². The first-order chi connectivity index (χ1) is 7.70. The van der Waals surface area contributed by atoms with Gasteiger partial charge in [-0.2, -0.15) is 4.98 Å². The Kier molecular flexibility index (Phi) is 2.87. The minimum absolute atomic E-state index is 0.00690. The van der Waals surface area contributed by atoms with Crippen LogP contribution in [0.4, 0.5) is 0 Å². The highest BCUT2D eigenvalue weighted by Crippen LogP contribution is 2.19. The molecule has 1 aromatic carbocycles. The fourth-order valence-corrected chi connectivity index (χ4v) is 1.26. The Labute approximate surface area is 96.4 Å². The zero-order chi connectivity index (χ0) is 11.5. The number of amides is 1. The highest BCUT2D eigenvalue weighted by molar-refractivity contribution is 6.30. The van der Waals surface area contributed by atoms with Crippen molar-refractivity contribution in [3.8, 4) is 11.5 Å². The molecule has 0 bridgehead atoms. The van der Waals surface area contributed by atoms with Crippen LogP contribution in [0, 0.1) is 0 Å². The van der Waals surface area contributed by atoms with Crippen molar-refractivity contribution in [2.24, 2.45) is 0 Å². The number of rotatable bonds is 2. The van der Waals surface area contributed by atoms with Crippen molar-refractivity contribution in [1.29, 1.82) is 0 Å². The van der Waals surface area contributed by atoms with E-state index >= 15 is 0 Å². The Balaban J connectivity index is 2.31. The maximum Gasteiger partial charge on any atom is 0.292 e. The largest absolute Gasteiger partial charge is 0.352 e. The van der Waals surface area contributed by atoms with Crippen molar-refractivity contribution < 1.29 is 9.32 Å². The molecular weight excluding hydrogens is 230 g/mol. The Morgan fingerprint density at radius 3 is 2.69 bits per heavy atom. The van der Waals surface area contributed by atoms with Gasteiger partial charge in [0.25, 0.3) is 17.6 Å². The fraction of sp³-hybridized carbons (Fsp3) is 0.100. The predicted octanol–water partition coefficient (Wildman–Crippen LogP) is 1.75. The molecule has 1 N–H and O–H groups in total. The maximum absolute atomic E-state index is 11.2. The molecule has 0 spiro atoms. The van der Waals surface area contributed by atoms with Crippen LogP contribution in [0.3, 0.4) is 0 Å². The van der Waals surface area contributed by atoms with Crippen molar-refractivity contribution in [3.05, 3.63) is 35.1 Å². The van der Waals surface area contributed by atoms with Crippen LogP contribution in [0.1, 0.15) is 10.6 Å². The molecule has 5 nitrogen and oxygen atoms in total. The highest BCUT2D eigenvalue weighted by Gasteiger charge is 2.13. The summed E-state index contributed by atoms with van der Waals surface area (Å²) in [6, 6.07) is 6.90. The lowest BCUT2D eigenvalue weighted by atomic mass is 10.2. The van der Waals surface area contributed by atoms with E-state index in [-0.39, 0.29) is 17.6 Å². The van der Waals surface area contributed by atoms with Crippen molar-refractivity contribution >= 4 is 17.5 Å². The van der Waals surface area contributed by atoms with E-state index in [4.69, 9.17) is 16.1 Å². The van der Waals surface area contributed by atoms with Crippen LogP contribution in [-0.2, 0) is 0 Å². The second-order valence-electron chi connectivity index (χ2n) is 3.01. The van der Waals surface area contributed by atoms with Crippen LogP contribution >= 0.6 is 11.6 Å². The Bertz CT molecular complexity index is 507. The zero-order valence-corrected chi connectivity index (χ0v) is 9.15. The Morgan fingerprint density at radius 1 is 1.38 bits per heavy atom. The minimum Gasteiger partial charge on any atom is -0.352 e. The number of aromatic nitrogens is 2. The predicted molar refractivity (Wildman–Crippen MR) is 58.1 cm³/mol. The molecule has 1 aromatic heterocycles. The van der Waals surface area contributed by atoms with Crippen molar-refractivity contribution in [2.75, 3.05) is 7.05 Å². The van der Waals surface area contributed by atoms with Gasteiger partial charge in [0.2, 0.25) is 0 Å². The summed E-state index contributed by atoms with van der Waals surface area (Å²) in [5.41, 5.74) is 0.715. The molecule has 2 aromatic rings. The summed E-state index contributed by atoms with van der Waals surface area (Å²) in [4.78, 5) is 15.1. The maximum atomic E-state index is 11.2. The van der Waals surface area contributed by atoms with Gasteiger partial charge in [-0.05, 0) is 24.3 Å². The number of nitrogens with one attached hydrogen (secondary N) is 1. The Hall–Kier alpha value is -1.88. The van der Waals surface area contributed by atoms with E-state index in [1.807, 2.05) is 0 Å². The van der Waals surface area contributed by atoms with Crippen molar-refractivity contribution in [3.63, 3.8) is 0 Å². The molecule has 82 valence electrons. The van der Waals surface area contributed by atoms with Crippen LogP contribution in [0.25, 0.3) is 11.5 Å². The second kappa shape index (κ2) is 4.32. The smallest absolute Gasteiger partial charge is 0.292 e. The van der Waals surface area contributed by atoms with Gasteiger partial charge < -0.3 is 9.84 Å².